The maximum absolute atomic E-state index is 12.5. The van der Waals surface area contributed by atoms with Crippen molar-refractivity contribution in [1.82, 2.24) is 10.2 Å². The van der Waals surface area contributed by atoms with E-state index in [-0.39, 0.29) is 4.21 Å². The van der Waals surface area contributed by atoms with Gasteiger partial charge in [-0.1, -0.05) is 15.9 Å². The molecule has 0 spiro atoms. The highest BCUT2D eigenvalue weighted by atomic mass is 79.9. The predicted molar refractivity (Wildman–Crippen MR) is 92.0 cm³/mol. The molecular weight excluding hydrogens is 402 g/mol. The van der Waals surface area contributed by atoms with Crippen LogP contribution < -0.4 is 4.72 Å². The Kier molecular flexibility index (Phi) is 4.26. The third-order valence-corrected chi connectivity index (χ3v) is 6.83. The summed E-state index contributed by atoms with van der Waals surface area (Å²) in [6.07, 6.45) is 0. The molecule has 2 heterocycles. The number of benzene rings is 1. The number of hydrogen-bond donors (Lipinski definition) is 1. The molecule has 120 valence electrons. The fourth-order valence-corrected chi connectivity index (χ4v) is 4.41. The highest BCUT2D eigenvalue weighted by molar-refractivity contribution is 9.10. The van der Waals surface area contributed by atoms with Crippen LogP contribution >= 0.6 is 27.3 Å². The van der Waals surface area contributed by atoms with Gasteiger partial charge in [-0.3, -0.25) is 4.72 Å². The van der Waals surface area contributed by atoms with E-state index < -0.39 is 10.0 Å². The molecule has 0 saturated heterocycles. The van der Waals surface area contributed by atoms with E-state index in [9.17, 15) is 8.42 Å². The maximum atomic E-state index is 12.5. The molecule has 0 unspecified atom stereocenters. The molecule has 3 rings (SSSR count). The standard InChI is InChI=1S/C14H12BrN3O3S2/c1-8-7-10(3-4-11(8)15)18-23(19,20)13-6-5-12(22-13)14-17-16-9(2)21-14/h3-7,18H,1-2H3. The van der Waals surface area contributed by atoms with Crippen LogP contribution in [-0.4, -0.2) is 18.6 Å². The molecule has 0 atom stereocenters. The number of aryl methyl sites for hydroxylation is 2. The van der Waals surface area contributed by atoms with Gasteiger partial charge in [0, 0.05) is 17.1 Å². The lowest BCUT2D eigenvalue weighted by molar-refractivity contribution is 0.534. The molecule has 23 heavy (non-hydrogen) atoms. The van der Waals surface area contributed by atoms with Crippen molar-refractivity contribution in [3.05, 3.63) is 46.3 Å². The Bertz CT molecular complexity index is 963. The predicted octanol–water partition coefficient (Wildman–Crippen LogP) is 3.98. The van der Waals surface area contributed by atoms with E-state index in [0.29, 0.717) is 22.3 Å². The molecule has 0 aliphatic carbocycles. The van der Waals surface area contributed by atoms with Gasteiger partial charge in [0.25, 0.3) is 15.9 Å². The Morgan fingerprint density at radius 2 is 1.96 bits per heavy atom. The average molecular weight is 414 g/mol. The van der Waals surface area contributed by atoms with Gasteiger partial charge in [0.2, 0.25) is 5.89 Å². The number of hydrogen-bond acceptors (Lipinski definition) is 6. The van der Waals surface area contributed by atoms with Crippen LogP contribution in [-0.2, 0) is 10.0 Å². The summed E-state index contributed by atoms with van der Waals surface area (Å²) in [7, 11) is -3.66. The summed E-state index contributed by atoms with van der Waals surface area (Å²) in [5.74, 6) is 0.745. The van der Waals surface area contributed by atoms with E-state index >= 15 is 0 Å². The molecule has 1 aromatic carbocycles. The molecule has 0 fully saturated rings. The highest BCUT2D eigenvalue weighted by Gasteiger charge is 2.19. The van der Waals surface area contributed by atoms with Gasteiger partial charge >= 0.3 is 0 Å². The number of nitrogens with one attached hydrogen (secondary N) is 1. The quantitative estimate of drug-likeness (QED) is 0.698. The molecule has 2 aromatic heterocycles. The van der Waals surface area contributed by atoms with E-state index in [1.165, 1.54) is 6.07 Å². The first-order chi connectivity index (χ1) is 10.8. The Balaban J connectivity index is 1.88. The van der Waals surface area contributed by atoms with E-state index in [0.717, 1.165) is 21.4 Å². The Labute approximate surface area is 145 Å². The smallest absolute Gasteiger partial charge is 0.271 e. The van der Waals surface area contributed by atoms with Gasteiger partial charge in [0.05, 0.1) is 4.88 Å². The van der Waals surface area contributed by atoms with Crippen molar-refractivity contribution in [1.29, 1.82) is 0 Å². The first-order valence-electron chi connectivity index (χ1n) is 6.54. The zero-order valence-electron chi connectivity index (χ0n) is 12.2. The first-order valence-corrected chi connectivity index (χ1v) is 9.64. The van der Waals surface area contributed by atoms with Crippen LogP contribution in [0.25, 0.3) is 10.8 Å². The molecule has 6 nitrogen and oxygen atoms in total. The van der Waals surface area contributed by atoms with Gasteiger partial charge in [0.1, 0.15) is 4.21 Å². The van der Waals surface area contributed by atoms with Crippen LogP contribution in [0.3, 0.4) is 0 Å². The summed E-state index contributed by atoms with van der Waals surface area (Å²) in [5.41, 5.74) is 1.45. The third kappa shape index (κ3) is 3.46. The largest absolute Gasteiger partial charge is 0.420 e. The summed E-state index contributed by atoms with van der Waals surface area (Å²) in [4.78, 5) is 0.609. The van der Waals surface area contributed by atoms with Crippen molar-refractivity contribution < 1.29 is 12.8 Å². The number of halogens is 1. The summed E-state index contributed by atoms with van der Waals surface area (Å²) < 4.78 is 33.9. The number of rotatable bonds is 4. The molecule has 0 saturated carbocycles. The molecule has 1 N–H and O–H groups in total. The van der Waals surface area contributed by atoms with Crippen LogP contribution in [0.15, 0.2) is 43.4 Å². The molecule has 0 radical (unpaired) electrons. The van der Waals surface area contributed by atoms with Crippen LogP contribution in [0.5, 0.6) is 0 Å². The molecule has 0 bridgehead atoms. The highest BCUT2D eigenvalue weighted by Crippen LogP contribution is 2.31. The number of thiophene rings is 1. The maximum Gasteiger partial charge on any atom is 0.271 e. The van der Waals surface area contributed by atoms with E-state index in [1.54, 1.807) is 31.2 Å². The van der Waals surface area contributed by atoms with Gasteiger partial charge in [-0.15, -0.1) is 21.5 Å². The lowest BCUT2D eigenvalue weighted by Crippen LogP contribution is -2.11. The molecule has 3 aromatic rings. The summed E-state index contributed by atoms with van der Waals surface area (Å²) in [6, 6.07) is 8.43. The number of nitrogens with zero attached hydrogens (tertiary/aromatic N) is 2. The van der Waals surface area contributed by atoms with Crippen molar-refractivity contribution in [2.75, 3.05) is 4.72 Å². The van der Waals surface area contributed by atoms with E-state index in [4.69, 9.17) is 4.42 Å². The van der Waals surface area contributed by atoms with Gasteiger partial charge in [-0.25, -0.2) is 8.42 Å². The Hall–Kier alpha value is -1.71. The first kappa shape index (κ1) is 16.2. The number of anilines is 1. The van der Waals surface area contributed by atoms with E-state index in [1.807, 2.05) is 6.92 Å². The second kappa shape index (κ2) is 6.06. The average Bonchev–Trinajstić information content (AvgIpc) is 3.11. The zero-order valence-corrected chi connectivity index (χ0v) is 15.4. The van der Waals surface area contributed by atoms with Gasteiger partial charge in [-0.2, -0.15) is 0 Å². The van der Waals surface area contributed by atoms with Crippen LogP contribution in [0, 0.1) is 13.8 Å². The van der Waals surface area contributed by atoms with Crippen LogP contribution in [0.1, 0.15) is 11.5 Å². The molecule has 0 aliphatic rings. The fraction of sp³-hybridized carbons (Fsp3) is 0.143. The monoisotopic (exact) mass is 413 g/mol. The third-order valence-electron chi connectivity index (χ3n) is 2.99. The summed E-state index contributed by atoms with van der Waals surface area (Å²) in [5, 5.41) is 7.63. The van der Waals surface area contributed by atoms with Crippen molar-refractivity contribution in [2.45, 2.75) is 18.1 Å². The normalized spacial score (nSPS) is 11.6. The summed E-state index contributed by atoms with van der Waals surface area (Å²) in [6.45, 7) is 3.57. The van der Waals surface area contributed by atoms with Crippen molar-refractivity contribution in [2.24, 2.45) is 0 Å². The van der Waals surface area contributed by atoms with Gasteiger partial charge in [-0.05, 0) is 42.8 Å². The molecule has 0 amide bonds. The van der Waals surface area contributed by atoms with E-state index in [2.05, 4.69) is 30.8 Å². The van der Waals surface area contributed by atoms with Crippen LogP contribution in [0.4, 0.5) is 5.69 Å². The fourth-order valence-electron chi connectivity index (χ4n) is 1.89. The second-order valence-electron chi connectivity index (χ2n) is 4.81. The van der Waals surface area contributed by atoms with Gasteiger partial charge in [0.15, 0.2) is 0 Å². The van der Waals surface area contributed by atoms with Gasteiger partial charge < -0.3 is 4.42 Å². The van der Waals surface area contributed by atoms with Crippen molar-refractivity contribution in [3.63, 3.8) is 0 Å². The summed E-state index contributed by atoms with van der Waals surface area (Å²) >= 11 is 4.46. The molecular formula is C14H12BrN3O3S2. The number of sulfonamides is 1. The minimum atomic E-state index is -3.66. The topological polar surface area (TPSA) is 85.1 Å². The second-order valence-corrected chi connectivity index (χ2v) is 8.66. The minimum Gasteiger partial charge on any atom is -0.420 e. The molecule has 9 heteroatoms. The lowest BCUT2D eigenvalue weighted by Gasteiger charge is -2.07. The minimum absolute atomic E-state index is 0.184. The van der Waals surface area contributed by atoms with Crippen molar-refractivity contribution in [3.8, 4) is 10.8 Å². The Morgan fingerprint density at radius 1 is 1.17 bits per heavy atom. The van der Waals surface area contributed by atoms with Crippen LogP contribution in [0.2, 0.25) is 0 Å². The number of aromatic nitrogens is 2. The lowest BCUT2D eigenvalue weighted by atomic mass is 10.2. The molecule has 0 aliphatic heterocycles. The van der Waals surface area contributed by atoms with Crippen molar-refractivity contribution >= 4 is 43.0 Å². The zero-order chi connectivity index (χ0) is 16.6. The SMILES string of the molecule is Cc1nnc(-c2ccc(S(=O)(=O)Nc3ccc(Br)c(C)c3)s2)o1. The Morgan fingerprint density at radius 3 is 2.61 bits per heavy atom.